The summed E-state index contributed by atoms with van der Waals surface area (Å²) >= 11 is 0. The van der Waals surface area contributed by atoms with Crippen molar-refractivity contribution >= 4 is 21.5 Å². The van der Waals surface area contributed by atoms with E-state index in [0.717, 1.165) is 44.6 Å². The van der Waals surface area contributed by atoms with Crippen molar-refractivity contribution in [3.63, 3.8) is 0 Å². The van der Waals surface area contributed by atoms with Crippen molar-refractivity contribution in [3.8, 4) is 67.3 Å². The van der Waals surface area contributed by atoms with Crippen LogP contribution in [0, 0.1) is 0 Å². The van der Waals surface area contributed by atoms with Gasteiger partial charge in [0.2, 0.25) is 0 Å². The Hall–Kier alpha value is -6.71. The molecule has 250 valence electrons. The van der Waals surface area contributed by atoms with E-state index in [1.165, 1.54) is 49.5 Å². The molecule has 0 N–H and O–H groups in total. The molecule has 0 unspecified atom stereocenters. The second kappa shape index (κ2) is 12.2. The fourth-order valence-corrected chi connectivity index (χ4v) is 8.28. The number of aromatic nitrogens is 3. The van der Waals surface area contributed by atoms with Crippen molar-refractivity contribution in [3.05, 3.63) is 187 Å². The van der Waals surface area contributed by atoms with Gasteiger partial charge in [0.25, 0.3) is 0 Å². The molecule has 1 aliphatic carbocycles. The summed E-state index contributed by atoms with van der Waals surface area (Å²) in [5.41, 5.74) is 15.0. The zero-order valence-corrected chi connectivity index (χ0v) is 29.6. The molecule has 0 atom stereocenters. The van der Waals surface area contributed by atoms with Gasteiger partial charge in [0, 0.05) is 34.5 Å². The van der Waals surface area contributed by atoms with Gasteiger partial charge in [-0.05, 0) is 96.4 Å². The molecule has 0 saturated heterocycles. The molecule has 10 rings (SSSR count). The Balaban J connectivity index is 1.15. The molecule has 3 nitrogen and oxygen atoms in total. The van der Waals surface area contributed by atoms with E-state index in [1.807, 2.05) is 42.7 Å². The monoisotopic (exact) mass is 677 g/mol. The van der Waals surface area contributed by atoms with Gasteiger partial charge >= 0.3 is 0 Å². The average Bonchev–Trinajstić information content (AvgIpc) is 3.45. The van der Waals surface area contributed by atoms with E-state index in [1.54, 1.807) is 0 Å². The molecular weight excluding hydrogens is 643 g/mol. The molecule has 2 heterocycles. The van der Waals surface area contributed by atoms with Crippen LogP contribution in [0.3, 0.4) is 0 Å². The van der Waals surface area contributed by atoms with Crippen LogP contribution in [0.15, 0.2) is 176 Å². The van der Waals surface area contributed by atoms with Crippen LogP contribution >= 0.6 is 0 Å². The second-order valence-electron chi connectivity index (χ2n) is 14.4. The van der Waals surface area contributed by atoms with E-state index >= 15 is 0 Å². The van der Waals surface area contributed by atoms with Gasteiger partial charge in [-0.25, -0.2) is 9.97 Å². The highest BCUT2D eigenvalue weighted by molar-refractivity contribution is 6.08. The Morgan fingerprint density at radius 1 is 0.396 bits per heavy atom. The second-order valence-corrected chi connectivity index (χ2v) is 14.4. The molecule has 0 spiro atoms. The maximum Gasteiger partial charge on any atom is 0.160 e. The van der Waals surface area contributed by atoms with Crippen LogP contribution in [0.2, 0.25) is 0 Å². The van der Waals surface area contributed by atoms with Gasteiger partial charge in [-0.3, -0.25) is 4.98 Å². The number of rotatable bonds is 5. The summed E-state index contributed by atoms with van der Waals surface area (Å²) in [4.78, 5) is 14.5. The number of hydrogen-bond donors (Lipinski definition) is 0. The Labute approximate surface area is 309 Å². The lowest BCUT2D eigenvalue weighted by molar-refractivity contribution is 0.661. The molecule has 0 aliphatic heterocycles. The molecule has 0 saturated carbocycles. The minimum atomic E-state index is -0.109. The fraction of sp³-hybridized carbons (Fsp3) is 0.0600. The van der Waals surface area contributed by atoms with Crippen LogP contribution in [0.25, 0.3) is 88.8 Å². The van der Waals surface area contributed by atoms with Crippen LogP contribution in [0.4, 0.5) is 0 Å². The molecular formula is C50H35N3. The van der Waals surface area contributed by atoms with Gasteiger partial charge in [-0.1, -0.05) is 147 Å². The fourth-order valence-electron chi connectivity index (χ4n) is 8.28. The van der Waals surface area contributed by atoms with Crippen molar-refractivity contribution in [1.29, 1.82) is 0 Å². The number of benzene rings is 7. The van der Waals surface area contributed by atoms with Crippen LogP contribution in [0.1, 0.15) is 25.0 Å². The maximum atomic E-state index is 5.23. The van der Waals surface area contributed by atoms with E-state index in [4.69, 9.17) is 9.97 Å². The standard InChI is InChI=1S/C50H35N3/c1-50(2)44-18-10-17-42(48(44)43-29-36-13-6-7-14-37(36)30-45(43)50)40-23-24-41(39-16-9-8-15-38(39)40)47-31-46(52-49(53-47)35-11-4-3-5-12-35)34-21-19-32(20-22-34)33-25-27-51-28-26-33/h3-31H,1-2H3. The lowest BCUT2D eigenvalue weighted by Crippen LogP contribution is -2.14. The Kier molecular flexibility index (Phi) is 7.16. The third kappa shape index (κ3) is 5.16. The Bertz CT molecular complexity index is 2840. The third-order valence-electron chi connectivity index (χ3n) is 11.0. The Morgan fingerprint density at radius 3 is 1.79 bits per heavy atom. The number of fused-ring (bicyclic) bond motifs is 5. The van der Waals surface area contributed by atoms with Crippen molar-refractivity contribution in [2.45, 2.75) is 19.3 Å². The summed E-state index contributed by atoms with van der Waals surface area (Å²) < 4.78 is 0. The lowest BCUT2D eigenvalue weighted by atomic mass is 9.81. The average molecular weight is 678 g/mol. The lowest BCUT2D eigenvalue weighted by Gasteiger charge is -2.22. The van der Waals surface area contributed by atoms with Gasteiger partial charge in [0.1, 0.15) is 0 Å². The van der Waals surface area contributed by atoms with Crippen LogP contribution in [0.5, 0.6) is 0 Å². The predicted molar refractivity (Wildman–Crippen MR) is 220 cm³/mol. The molecule has 1 aliphatic rings. The van der Waals surface area contributed by atoms with Crippen molar-refractivity contribution < 1.29 is 0 Å². The summed E-state index contributed by atoms with van der Waals surface area (Å²) in [6, 6.07) is 58.8. The van der Waals surface area contributed by atoms with Crippen molar-refractivity contribution in [1.82, 2.24) is 15.0 Å². The third-order valence-corrected chi connectivity index (χ3v) is 11.0. The van der Waals surface area contributed by atoms with Crippen molar-refractivity contribution in [2.75, 3.05) is 0 Å². The summed E-state index contributed by atoms with van der Waals surface area (Å²) in [7, 11) is 0. The summed E-state index contributed by atoms with van der Waals surface area (Å²) in [5, 5.41) is 4.92. The molecule has 0 radical (unpaired) electrons. The summed E-state index contributed by atoms with van der Waals surface area (Å²) in [6.07, 6.45) is 3.66. The number of pyridine rings is 1. The summed E-state index contributed by atoms with van der Waals surface area (Å²) in [5.74, 6) is 0.705. The van der Waals surface area contributed by atoms with E-state index in [2.05, 4.69) is 152 Å². The molecule has 53 heavy (non-hydrogen) atoms. The van der Waals surface area contributed by atoms with E-state index in [0.29, 0.717) is 5.82 Å². The van der Waals surface area contributed by atoms with E-state index < -0.39 is 0 Å². The molecule has 9 aromatic rings. The zero-order valence-electron chi connectivity index (χ0n) is 29.6. The first-order chi connectivity index (χ1) is 26.0. The maximum absolute atomic E-state index is 5.23. The van der Waals surface area contributed by atoms with Gasteiger partial charge in [-0.15, -0.1) is 0 Å². The normalized spacial score (nSPS) is 12.9. The molecule has 0 bridgehead atoms. The van der Waals surface area contributed by atoms with Crippen molar-refractivity contribution in [2.24, 2.45) is 0 Å². The SMILES string of the molecule is CC1(C)c2cc3ccccc3cc2-c2c(-c3ccc(-c4cc(-c5ccc(-c6ccncc6)cc5)nc(-c5ccccc5)n4)c4ccccc34)cccc21. The first kappa shape index (κ1) is 31.1. The zero-order chi connectivity index (χ0) is 35.5. The minimum absolute atomic E-state index is 0.109. The summed E-state index contributed by atoms with van der Waals surface area (Å²) in [6.45, 7) is 4.72. The van der Waals surface area contributed by atoms with E-state index in [9.17, 15) is 0 Å². The minimum Gasteiger partial charge on any atom is -0.265 e. The van der Waals surface area contributed by atoms with Gasteiger partial charge in [-0.2, -0.15) is 0 Å². The Morgan fingerprint density at radius 2 is 1.02 bits per heavy atom. The van der Waals surface area contributed by atoms with Crippen LogP contribution in [-0.2, 0) is 5.41 Å². The topological polar surface area (TPSA) is 38.7 Å². The predicted octanol–water partition coefficient (Wildman–Crippen LogP) is 12.8. The molecule has 2 aromatic heterocycles. The number of hydrogen-bond acceptors (Lipinski definition) is 3. The smallest absolute Gasteiger partial charge is 0.160 e. The highest BCUT2D eigenvalue weighted by Crippen LogP contribution is 2.54. The highest BCUT2D eigenvalue weighted by Gasteiger charge is 2.37. The van der Waals surface area contributed by atoms with Gasteiger partial charge in [0.05, 0.1) is 11.4 Å². The first-order valence-electron chi connectivity index (χ1n) is 18.2. The number of nitrogens with zero attached hydrogens (tertiary/aromatic N) is 3. The van der Waals surface area contributed by atoms with Crippen LogP contribution < -0.4 is 0 Å². The van der Waals surface area contributed by atoms with Gasteiger partial charge in [0.15, 0.2) is 5.82 Å². The molecule has 0 fully saturated rings. The van der Waals surface area contributed by atoms with Gasteiger partial charge < -0.3 is 0 Å². The van der Waals surface area contributed by atoms with E-state index in [-0.39, 0.29) is 5.41 Å². The molecule has 0 amide bonds. The molecule has 7 aromatic carbocycles. The van der Waals surface area contributed by atoms with Crippen LogP contribution in [-0.4, -0.2) is 15.0 Å². The molecule has 3 heteroatoms. The largest absolute Gasteiger partial charge is 0.265 e. The highest BCUT2D eigenvalue weighted by atomic mass is 14.9. The quantitative estimate of drug-likeness (QED) is 0.182. The first-order valence-corrected chi connectivity index (χ1v) is 18.2.